The molecule has 0 saturated heterocycles. The SMILES string of the molecule is CC[C@@H](C)NC(=O)[C@@H](C)N(Cc1ccccc1Cl)C(=O)CN(c1c(C)cccc1C)S(C)(=O)=O. The number of hydrogen-bond donors (Lipinski definition) is 1. The van der Waals surface area contributed by atoms with E-state index >= 15 is 0 Å². The minimum Gasteiger partial charge on any atom is -0.352 e. The fourth-order valence-corrected chi connectivity index (χ4v) is 4.79. The number of halogens is 1. The summed E-state index contributed by atoms with van der Waals surface area (Å²) in [5, 5.41) is 3.36. The van der Waals surface area contributed by atoms with Gasteiger partial charge >= 0.3 is 0 Å². The summed E-state index contributed by atoms with van der Waals surface area (Å²) in [7, 11) is -3.78. The predicted molar refractivity (Wildman–Crippen MR) is 137 cm³/mol. The first-order chi connectivity index (χ1) is 15.9. The summed E-state index contributed by atoms with van der Waals surface area (Å²) in [6.07, 6.45) is 1.81. The quantitative estimate of drug-likeness (QED) is 0.525. The van der Waals surface area contributed by atoms with Crippen LogP contribution in [0.2, 0.25) is 5.02 Å². The average Bonchev–Trinajstić information content (AvgIpc) is 2.76. The molecule has 2 rings (SSSR count). The molecule has 0 unspecified atom stereocenters. The van der Waals surface area contributed by atoms with Crippen molar-refractivity contribution in [1.82, 2.24) is 10.2 Å². The van der Waals surface area contributed by atoms with E-state index in [1.54, 1.807) is 57.2 Å². The van der Waals surface area contributed by atoms with Crippen molar-refractivity contribution in [2.45, 2.75) is 59.7 Å². The van der Waals surface area contributed by atoms with Crippen LogP contribution in [-0.2, 0) is 26.2 Å². The number of amides is 2. The van der Waals surface area contributed by atoms with Crippen molar-refractivity contribution < 1.29 is 18.0 Å². The number of nitrogens with zero attached hydrogens (tertiary/aromatic N) is 2. The molecule has 1 N–H and O–H groups in total. The van der Waals surface area contributed by atoms with E-state index in [9.17, 15) is 18.0 Å². The maximum atomic E-state index is 13.6. The van der Waals surface area contributed by atoms with Gasteiger partial charge in [0.05, 0.1) is 11.9 Å². The van der Waals surface area contributed by atoms with E-state index in [4.69, 9.17) is 11.6 Å². The van der Waals surface area contributed by atoms with E-state index < -0.39 is 28.5 Å². The van der Waals surface area contributed by atoms with Gasteiger partial charge in [-0.1, -0.05) is 54.9 Å². The van der Waals surface area contributed by atoms with Crippen molar-refractivity contribution in [1.29, 1.82) is 0 Å². The highest BCUT2D eigenvalue weighted by molar-refractivity contribution is 7.92. The Balaban J connectivity index is 2.46. The van der Waals surface area contributed by atoms with Gasteiger partial charge in [-0.05, 0) is 56.9 Å². The number of para-hydroxylation sites is 1. The summed E-state index contributed by atoms with van der Waals surface area (Å²) in [6, 6.07) is 11.6. The molecular weight excluding hydrogens is 474 g/mol. The van der Waals surface area contributed by atoms with Crippen LogP contribution in [-0.4, -0.2) is 50.0 Å². The van der Waals surface area contributed by atoms with Crippen LogP contribution in [0.1, 0.15) is 43.9 Å². The van der Waals surface area contributed by atoms with Crippen LogP contribution >= 0.6 is 11.6 Å². The molecule has 0 heterocycles. The van der Waals surface area contributed by atoms with Crippen LogP contribution in [0.15, 0.2) is 42.5 Å². The van der Waals surface area contributed by atoms with Gasteiger partial charge in [0.1, 0.15) is 12.6 Å². The van der Waals surface area contributed by atoms with E-state index in [-0.39, 0.29) is 18.5 Å². The first-order valence-corrected chi connectivity index (χ1v) is 13.5. The third-order valence-electron chi connectivity index (χ3n) is 5.83. The average molecular weight is 508 g/mol. The van der Waals surface area contributed by atoms with Gasteiger partial charge in [-0.3, -0.25) is 13.9 Å². The maximum absolute atomic E-state index is 13.6. The van der Waals surface area contributed by atoms with Gasteiger partial charge in [0.25, 0.3) is 0 Å². The summed E-state index contributed by atoms with van der Waals surface area (Å²) in [5.74, 6) is -0.812. The number of rotatable bonds is 10. The molecule has 186 valence electrons. The molecule has 0 spiro atoms. The Hall–Kier alpha value is -2.58. The number of benzene rings is 2. The zero-order valence-electron chi connectivity index (χ0n) is 20.6. The summed E-state index contributed by atoms with van der Waals surface area (Å²) in [6.45, 7) is 8.71. The molecule has 0 bridgehead atoms. The molecule has 34 heavy (non-hydrogen) atoms. The molecule has 0 saturated carbocycles. The topological polar surface area (TPSA) is 86.8 Å². The first-order valence-electron chi connectivity index (χ1n) is 11.2. The Morgan fingerprint density at radius 1 is 1.03 bits per heavy atom. The van der Waals surface area contributed by atoms with Crippen LogP contribution < -0.4 is 9.62 Å². The third-order valence-corrected chi connectivity index (χ3v) is 7.32. The zero-order valence-corrected chi connectivity index (χ0v) is 22.2. The van der Waals surface area contributed by atoms with Crippen molar-refractivity contribution in [2.24, 2.45) is 0 Å². The van der Waals surface area contributed by atoms with Crippen molar-refractivity contribution in [3.8, 4) is 0 Å². The number of hydrogen-bond acceptors (Lipinski definition) is 4. The maximum Gasteiger partial charge on any atom is 0.244 e. The fourth-order valence-electron chi connectivity index (χ4n) is 3.63. The molecule has 9 heteroatoms. The Morgan fingerprint density at radius 2 is 1.62 bits per heavy atom. The van der Waals surface area contributed by atoms with Crippen LogP contribution in [0, 0.1) is 13.8 Å². The summed E-state index contributed by atoms with van der Waals surface area (Å²) < 4.78 is 26.6. The molecule has 0 fully saturated rings. The van der Waals surface area contributed by atoms with Gasteiger partial charge in [-0.2, -0.15) is 0 Å². The first kappa shape index (κ1) is 27.7. The molecule has 2 atom stereocenters. The van der Waals surface area contributed by atoms with Crippen LogP contribution in [0.4, 0.5) is 5.69 Å². The van der Waals surface area contributed by atoms with Gasteiger partial charge in [0.2, 0.25) is 21.8 Å². The molecule has 0 aliphatic heterocycles. The molecule has 0 radical (unpaired) electrons. The molecule has 2 amide bonds. The summed E-state index contributed by atoms with van der Waals surface area (Å²) in [4.78, 5) is 27.9. The molecule has 0 aliphatic carbocycles. The van der Waals surface area contributed by atoms with E-state index in [1.165, 1.54) is 4.90 Å². The Kier molecular flexibility index (Phi) is 9.53. The number of aryl methyl sites for hydroxylation is 2. The van der Waals surface area contributed by atoms with Gasteiger partial charge in [-0.25, -0.2) is 8.42 Å². The molecule has 0 aromatic heterocycles. The van der Waals surface area contributed by atoms with Crippen LogP contribution in [0.5, 0.6) is 0 Å². The van der Waals surface area contributed by atoms with Gasteiger partial charge in [0, 0.05) is 17.6 Å². The minimum absolute atomic E-state index is 0.0608. The number of nitrogens with one attached hydrogen (secondary N) is 1. The highest BCUT2D eigenvalue weighted by atomic mass is 35.5. The lowest BCUT2D eigenvalue weighted by atomic mass is 10.1. The van der Waals surface area contributed by atoms with Crippen molar-refractivity contribution in [3.05, 3.63) is 64.2 Å². The second-order valence-electron chi connectivity index (χ2n) is 8.62. The lowest BCUT2D eigenvalue weighted by molar-refractivity contribution is -0.139. The monoisotopic (exact) mass is 507 g/mol. The van der Waals surface area contributed by atoms with E-state index in [2.05, 4.69) is 5.32 Å². The number of anilines is 1. The minimum atomic E-state index is -3.78. The molecule has 7 nitrogen and oxygen atoms in total. The second kappa shape index (κ2) is 11.7. The lowest BCUT2D eigenvalue weighted by Gasteiger charge is -2.33. The van der Waals surface area contributed by atoms with E-state index in [1.807, 2.05) is 19.9 Å². The van der Waals surface area contributed by atoms with Gasteiger partial charge in [-0.15, -0.1) is 0 Å². The number of sulfonamides is 1. The largest absolute Gasteiger partial charge is 0.352 e. The van der Waals surface area contributed by atoms with Gasteiger partial charge < -0.3 is 10.2 Å². The van der Waals surface area contributed by atoms with Crippen molar-refractivity contribution in [3.63, 3.8) is 0 Å². The van der Waals surface area contributed by atoms with Crippen LogP contribution in [0.25, 0.3) is 0 Å². The summed E-state index contributed by atoms with van der Waals surface area (Å²) >= 11 is 6.34. The lowest BCUT2D eigenvalue weighted by Crippen LogP contribution is -2.52. The standard InChI is InChI=1S/C25H34ClN3O4S/c1-7-19(4)27-25(31)20(5)28(15-21-13-8-9-14-22(21)26)23(30)16-29(34(6,32)33)24-17(2)11-10-12-18(24)3/h8-14,19-20H,7,15-16H2,1-6H3,(H,27,31)/t19-,20-/m1/s1. The van der Waals surface area contributed by atoms with Crippen molar-refractivity contribution >= 4 is 39.1 Å². The normalized spacial score (nSPS) is 13.1. The van der Waals surface area contributed by atoms with Crippen molar-refractivity contribution in [2.75, 3.05) is 17.1 Å². The summed E-state index contributed by atoms with van der Waals surface area (Å²) in [5.41, 5.74) is 2.60. The highest BCUT2D eigenvalue weighted by Crippen LogP contribution is 2.27. The van der Waals surface area contributed by atoms with Gasteiger partial charge in [0.15, 0.2) is 0 Å². The zero-order chi connectivity index (χ0) is 25.6. The van der Waals surface area contributed by atoms with Crippen LogP contribution in [0.3, 0.4) is 0 Å². The second-order valence-corrected chi connectivity index (χ2v) is 10.9. The Bertz CT molecular complexity index is 1120. The fraction of sp³-hybridized carbons (Fsp3) is 0.440. The third kappa shape index (κ3) is 6.96. The Labute approximate surface area is 208 Å². The number of carbonyl (C=O) groups excluding carboxylic acids is 2. The Morgan fingerprint density at radius 3 is 2.15 bits per heavy atom. The predicted octanol–water partition coefficient (Wildman–Crippen LogP) is 4.05. The molecule has 2 aromatic rings. The van der Waals surface area contributed by atoms with E-state index in [0.29, 0.717) is 16.3 Å². The smallest absolute Gasteiger partial charge is 0.244 e. The molecule has 2 aromatic carbocycles. The number of carbonyl (C=O) groups is 2. The molecular formula is C25H34ClN3O4S. The van der Waals surface area contributed by atoms with E-state index in [0.717, 1.165) is 28.1 Å². The molecule has 0 aliphatic rings. The highest BCUT2D eigenvalue weighted by Gasteiger charge is 2.31.